The van der Waals surface area contributed by atoms with E-state index >= 15 is 0 Å². The lowest BCUT2D eigenvalue weighted by atomic mass is 10.3. The third-order valence-corrected chi connectivity index (χ3v) is 3.70. The first kappa shape index (κ1) is 11.4. The molecule has 0 aromatic carbocycles. The van der Waals surface area contributed by atoms with E-state index in [2.05, 4.69) is 29.1 Å². The molecule has 1 aliphatic heterocycles. The van der Waals surface area contributed by atoms with Gasteiger partial charge < -0.3 is 15.1 Å². The van der Waals surface area contributed by atoms with Gasteiger partial charge in [-0.2, -0.15) is 0 Å². The predicted octanol–water partition coefficient (Wildman–Crippen LogP) is 0.764. The molecule has 2 aliphatic rings. The smallest absolute Gasteiger partial charge is 0.0207 e. The molecule has 0 spiro atoms. The van der Waals surface area contributed by atoms with Gasteiger partial charge in [0, 0.05) is 31.7 Å². The summed E-state index contributed by atoms with van der Waals surface area (Å²) in [5.41, 5.74) is 0. The molecule has 1 N–H and O–H groups in total. The first-order valence-electron chi connectivity index (χ1n) is 6.45. The van der Waals surface area contributed by atoms with Crippen LogP contribution in [0.15, 0.2) is 0 Å². The van der Waals surface area contributed by atoms with Crippen molar-refractivity contribution in [1.82, 2.24) is 15.1 Å². The van der Waals surface area contributed by atoms with Crippen molar-refractivity contribution < 1.29 is 0 Å². The number of hydrogen-bond donors (Lipinski definition) is 1. The molecule has 88 valence electrons. The molecule has 0 bridgehead atoms. The van der Waals surface area contributed by atoms with Crippen molar-refractivity contribution in [3.05, 3.63) is 0 Å². The standard InChI is InChI=1S/C12H25N3/c1-3-13-11-6-7-15(10-11)9-8-14(2)12-4-5-12/h11-13H,3-10H2,1-2H3. The van der Waals surface area contributed by atoms with Crippen molar-refractivity contribution in [3.63, 3.8) is 0 Å². The SMILES string of the molecule is CCNC1CCN(CCN(C)C2CC2)C1. The van der Waals surface area contributed by atoms with Gasteiger partial charge in [0.25, 0.3) is 0 Å². The van der Waals surface area contributed by atoms with Gasteiger partial charge in [0.15, 0.2) is 0 Å². The van der Waals surface area contributed by atoms with Gasteiger partial charge >= 0.3 is 0 Å². The second-order valence-corrected chi connectivity index (χ2v) is 5.06. The highest BCUT2D eigenvalue weighted by molar-refractivity contribution is 4.85. The van der Waals surface area contributed by atoms with Crippen LogP contribution in [0.25, 0.3) is 0 Å². The summed E-state index contributed by atoms with van der Waals surface area (Å²) >= 11 is 0. The van der Waals surface area contributed by atoms with Gasteiger partial charge in [0.05, 0.1) is 0 Å². The van der Waals surface area contributed by atoms with Crippen LogP contribution in [-0.2, 0) is 0 Å². The molecule has 0 amide bonds. The molecular weight excluding hydrogens is 186 g/mol. The van der Waals surface area contributed by atoms with Crippen molar-refractivity contribution >= 4 is 0 Å². The van der Waals surface area contributed by atoms with Gasteiger partial charge in [0.1, 0.15) is 0 Å². The summed E-state index contributed by atoms with van der Waals surface area (Å²) in [6, 6.07) is 1.67. The molecule has 1 atom stereocenters. The second kappa shape index (κ2) is 5.28. The Morgan fingerprint density at radius 1 is 1.33 bits per heavy atom. The highest BCUT2D eigenvalue weighted by atomic mass is 15.2. The van der Waals surface area contributed by atoms with Crippen molar-refractivity contribution in [2.45, 2.75) is 38.3 Å². The molecule has 1 saturated carbocycles. The Balaban J connectivity index is 1.59. The second-order valence-electron chi connectivity index (χ2n) is 5.06. The summed E-state index contributed by atoms with van der Waals surface area (Å²) in [6.45, 7) is 8.37. The molecule has 1 saturated heterocycles. The normalized spacial score (nSPS) is 27.8. The minimum Gasteiger partial charge on any atom is -0.313 e. The number of rotatable bonds is 6. The van der Waals surface area contributed by atoms with E-state index in [0.29, 0.717) is 0 Å². The highest BCUT2D eigenvalue weighted by Crippen LogP contribution is 2.25. The predicted molar refractivity (Wildman–Crippen MR) is 64.2 cm³/mol. The van der Waals surface area contributed by atoms with E-state index in [9.17, 15) is 0 Å². The van der Waals surface area contributed by atoms with Gasteiger partial charge in [0.2, 0.25) is 0 Å². The van der Waals surface area contributed by atoms with Crippen LogP contribution in [-0.4, -0.2) is 61.7 Å². The maximum Gasteiger partial charge on any atom is 0.0207 e. The lowest BCUT2D eigenvalue weighted by molar-refractivity contribution is 0.248. The van der Waals surface area contributed by atoms with Crippen LogP contribution in [0.4, 0.5) is 0 Å². The Morgan fingerprint density at radius 2 is 2.13 bits per heavy atom. The molecule has 1 aliphatic carbocycles. The van der Waals surface area contributed by atoms with E-state index < -0.39 is 0 Å². The zero-order valence-corrected chi connectivity index (χ0v) is 10.2. The van der Waals surface area contributed by atoms with E-state index in [0.717, 1.165) is 18.6 Å². The van der Waals surface area contributed by atoms with E-state index in [1.54, 1.807) is 0 Å². The first-order chi connectivity index (χ1) is 7.29. The Morgan fingerprint density at radius 3 is 2.80 bits per heavy atom. The van der Waals surface area contributed by atoms with Gasteiger partial charge in [-0.1, -0.05) is 6.92 Å². The maximum atomic E-state index is 3.54. The molecule has 1 unspecified atom stereocenters. The zero-order chi connectivity index (χ0) is 10.7. The molecular formula is C12H25N3. The number of nitrogens with zero attached hydrogens (tertiary/aromatic N) is 2. The van der Waals surface area contributed by atoms with E-state index in [4.69, 9.17) is 0 Å². The number of nitrogens with one attached hydrogen (secondary N) is 1. The van der Waals surface area contributed by atoms with Gasteiger partial charge in [-0.25, -0.2) is 0 Å². The van der Waals surface area contributed by atoms with E-state index in [1.165, 1.54) is 45.4 Å². The third kappa shape index (κ3) is 3.44. The van der Waals surface area contributed by atoms with Gasteiger partial charge in [-0.15, -0.1) is 0 Å². The highest BCUT2D eigenvalue weighted by Gasteiger charge is 2.27. The first-order valence-corrected chi connectivity index (χ1v) is 6.45. The monoisotopic (exact) mass is 211 g/mol. The Kier molecular flexibility index (Phi) is 4.00. The van der Waals surface area contributed by atoms with Crippen molar-refractivity contribution in [2.75, 3.05) is 39.8 Å². The van der Waals surface area contributed by atoms with Crippen molar-refractivity contribution in [2.24, 2.45) is 0 Å². The average Bonchev–Trinajstić information content (AvgIpc) is 2.98. The molecule has 3 heteroatoms. The van der Waals surface area contributed by atoms with Gasteiger partial charge in [-0.3, -0.25) is 0 Å². The number of hydrogen-bond acceptors (Lipinski definition) is 3. The molecule has 0 aromatic rings. The van der Waals surface area contributed by atoms with Crippen LogP contribution in [0, 0.1) is 0 Å². The third-order valence-electron chi connectivity index (χ3n) is 3.70. The number of likely N-dealkylation sites (tertiary alicyclic amines) is 1. The van der Waals surface area contributed by atoms with Crippen LogP contribution < -0.4 is 5.32 Å². The fourth-order valence-corrected chi connectivity index (χ4v) is 2.49. The van der Waals surface area contributed by atoms with Crippen LogP contribution in [0.5, 0.6) is 0 Å². The molecule has 3 nitrogen and oxygen atoms in total. The summed E-state index contributed by atoms with van der Waals surface area (Å²) in [5, 5.41) is 3.54. The van der Waals surface area contributed by atoms with Crippen molar-refractivity contribution in [3.8, 4) is 0 Å². The van der Waals surface area contributed by atoms with Crippen LogP contribution in [0.3, 0.4) is 0 Å². The quantitative estimate of drug-likeness (QED) is 0.700. The zero-order valence-electron chi connectivity index (χ0n) is 10.2. The van der Waals surface area contributed by atoms with E-state index in [1.807, 2.05) is 0 Å². The minimum atomic E-state index is 0.751. The van der Waals surface area contributed by atoms with Crippen molar-refractivity contribution in [1.29, 1.82) is 0 Å². The molecule has 1 heterocycles. The Hall–Kier alpha value is -0.120. The molecule has 0 aromatic heterocycles. The summed E-state index contributed by atoms with van der Waals surface area (Å²) in [6.07, 6.45) is 4.19. The van der Waals surface area contributed by atoms with E-state index in [-0.39, 0.29) is 0 Å². The minimum absolute atomic E-state index is 0.751. The number of likely N-dealkylation sites (N-methyl/N-ethyl adjacent to an activating group) is 2. The topological polar surface area (TPSA) is 18.5 Å². The van der Waals surface area contributed by atoms with Gasteiger partial charge in [-0.05, 0) is 39.4 Å². The molecule has 0 radical (unpaired) electrons. The lowest BCUT2D eigenvalue weighted by Gasteiger charge is -2.21. The Bertz CT molecular complexity index is 191. The summed E-state index contributed by atoms with van der Waals surface area (Å²) < 4.78 is 0. The lowest BCUT2D eigenvalue weighted by Crippen LogP contribution is -2.36. The average molecular weight is 211 g/mol. The fraction of sp³-hybridized carbons (Fsp3) is 1.00. The largest absolute Gasteiger partial charge is 0.313 e. The Labute approximate surface area is 93.8 Å². The maximum absolute atomic E-state index is 3.54. The van der Waals surface area contributed by atoms with Crippen LogP contribution in [0.2, 0.25) is 0 Å². The summed E-state index contributed by atoms with van der Waals surface area (Å²) in [7, 11) is 2.27. The van der Waals surface area contributed by atoms with Crippen LogP contribution >= 0.6 is 0 Å². The molecule has 2 rings (SSSR count). The van der Waals surface area contributed by atoms with Crippen LogP contribution in [0.1, 0.15) is 26.2 Å². The summed E-state index contributed by atoms with van der Waals surface area (Å²) in [5.74, 6) is 0. The summed E-state index contributed by atoms with van der Waals surface area (Å²) in [4.78, 5) is 5.13. The fourth-order valence-electron chi connectivity index (χ4n) is 2.49. The molecule has 2 fully saturated rings. The molecule has 15 heavy (non-hydrogen) atoms.